The smallest absolute Gasteiger partial charge is 0.330 e. The summed E-state index contributed by atoms with van der Waals surface area (Å²) < 4.78 is 1.17. The molecule has 0 aromatic carbocycles. The number of aromatic amines is 2. The molecule has 0 unspecified atom stereocenters. The van der Waals surface area contributed by atoms with E-state index < -0.39 is 5.69 Å². The van der Waals surface area contributed by atoms with Gasteiger partial charge in [0.25, 0.3) is 5.56 Å². The van der Waals surface area contributed by atoms with E-state index in [4.69, 9.17) is 0 Å². The van der Waals surface area contributed by atoms with Gasteiger partial charge in [-0.25, -0.2) is 9.78 Å². The molecule has 2 heterocycles. The summed E-state index contributed by atoms with van der Waals surface area (Å²) >= 11 is 0. The third-order valence-electron chi connectivity index (χ3n) is 2.02. The van der Waals surface area contributed by atoms with Crippen LogP contribution in [0.15, 0.2) is 15.9 Å². The minimum atomic E-state index is -0.406. The van der Waals surface area contributed by atoms with Crippen molar-refractivity contribution in [1.82, 2.24) is 19.5 Å². The largest absolute Gasteiger partial charge is 0.339 e. The van der Waals surface area contributed by atoms with Crippen LogP contribution in [0.2, 0.25) is 0 Å². The van der Waals surface area contributed by atoms with E-state index in [1.165, 1.54) is 10.9 Å². The SMILES string of the molecule is CCCn1c(=O)[nH]c2nc[nH]c2c1=O.Cl. The van der Waals surface area contributed by atoms with E-state index in [-0.39, 0.29) is 18.0 Å². The van der Waals surface area contributed by atoms with E-state index in [1.807, 2.05) is 6.92 Å². The van der Waals surface area contributed by atoms with E-state index in [1.54, 1.807) is 0 Å². The number of rotatable bonds is 2. The van der Waals surface area contributed by atoms with E-state index in [2.05, 4.69) is 15.0 Å². The zero-order valence-electron chi connectivity index (χ0n) is 8.11. The number of hydrogen-bond donors (Lipinski definition) is 2. The van der Waals surface area contributed by atoms with Crippen molar-refractivity contribution < 1.29 is 0 Å². The Kier molecular flexibility index (Phi) is 3.31. The molecule has 2 aromatic rings. The Morgan fingerprint density at radius 1 is 1.47 bits per heavy atom. The molecular formula is C8H11ClN4O2. The second kappa shape index (κ2) is 4.31. The molecule has 0 bridgehead atoms. The van der Waals surface area contributed by atoms with Gasteiger partial charge in [-0.1, -0.05) is 6.92 Å². The molecule has 6 nitrogen and oxygen atoms in total. The summed E-state index contributed by atoms with van der Waals surface area (Å²) in [7, 11) is 0. The fourth-order valence-corrected chi connectivity index (χ4v) is 1.37. The number of fused-ring (bicyclic) bond motifs is 1. The van der Waals surface area contributed by atoms with Crippen LogP contribution < -0.4 is 11.2 Å². The highest BCUT2D eigenvalue weighted by Crippen LogP contribution is 1.95. The number of aromatic nitrogens is 4. The first-order valence-electron chi connectivity index (χ1n) is 4.40. The molecule has 0 radical (unpaired) electrons. The monoisotopic (exact) mass is 230 g/mol. The number of nitrogens with one attached hydrogen (secondary N) is 2. The summed E-state index contributed by atoms with van der Waals surface area (Å²) in [5.41, 5.74) is -0.0649. The van der Waals surface area contributed by atoms with Gasteiger partial charge in [0.1, 0.15) is 5.52 Å². The van der Waals surface area contributed by atoms with Gasteiger partial charge in [0.05, 0.1) is 6.33 Å². The van der Waals surface area contributed by atoms with Crippen LogP contribution in [-0.4, -0.2) is 19.5 Å². The van der Waals surface area contributed by atoms with Crippen molar-refractivity contribution in [2.24, 2.45) is 0 Å². The number of H-pyrrole nitrogens is 2. The molecule has 2 rings (SSSR count). The second-order valence-corrected chi connectivity index (χ2v) is 3.01. The quantitative estimate of drug-likeness (QED) is 0.776. The Hall–Kier alpha value is -1.56. The molecular weight excluding hydrogens is 220 g/mol. The highest BCUT2D eigenvalue weighted by molar-refractivity contribution is 5.85. The Bertz CT molecular complexity index is 568. The van der Waals surface area contributed by atoms with E-state index in [9.17, 15) is 9.59 Å². The van der Waals surface area contributed by atoms with Crippen LogP contribution >= 0.6 is 12.4 Å². The maximum absolute atomic E-state index is 11.7. The molecule has 0 amide bonds. The standard InChI is InChI=1S/C8H10N4O2.ClH/c1-2-3-12-7(13)5-6(10-4-9-5)11-8(12)14;/h4H,2-3H2,1H3,(H,9,10)(H,11,14);1H. The van der Waals surface area contributed by atoms with Gasteiger partial charge >= 0.3 is 5.69 Å². The lowest BCUT2D eigenvalue weighted by molar-refractivity contribution is 0.622. The van der Waals surface area contributed by atoms with Crippen molar-refractivity contribution in [2.75, 3.05) is 0 Å². The molecule has 2 aromatic heterocycles. The molecule has 0 spiro atoms. The van der Waals surface area contributed by atoms with Gasteiger partial charge in [0.2, 0.25) is 0 Å². The molecule has 0 atom stereocenters. The summed E-state index contributed by atoms with van der Waals surface area (Å²) in [5.74, 6) is 0. The summed E-state index contributed by atoms with van der Waals surface area (Å²) in [5, 5.41) is 0. The highest BCUT2D eigenvalue weighted by Gasteiger charge is 2.07. The van der Waals surface area contributed by atoms with E-state index >= 15 is 0 Å². The predicted octanol–water partition coefficient (Wildman–Crippen LogP) is 0.245. The van der Waals surface area contributed by atoms with Crippen LogP contribution in [0.3, 0.4) is 0 Å². The Morgan fingerprint density at radius 3 is 2.87 bits per heavy atom. The zero-order valence-corrected chi connectivity index (χ0v) is 8.93. The first kappa shape index (κ1) is 11.5. The van der Waals surface area contributed by atoms with Gasteiger partial charge in [-0.15, -0.1) is 12.4 Å². The van der Waals surface area contributed by atoms with Gasteiger partial charge < -0.3 is 4.98 Å². The fourth-order valence-electron chi connectivity index (χ4n) is 1.37. The Morgan fingerprint density at radius 2 is 2.20 bits per heavy atom. The molecule has 0 saturated carbocycles. The molecule has 0 aliphatic heterocycles. The Balaban J connectivity index is 0.00000112. The second-order valence-electron chi connectivity index (χ2n) is 3.01. The maximum Gasteiger partial charge on any atom is 0.330 e. The third kappa shape index (κ3) is 1.80. The normalized spacial score (nSPS) is 10.2. The van der Waals surface area contributed by atoms with Crippen molar-refractivity contribution in [2.45, 2.75) is 19.9 Å². The lowest BCUT2D eigenvalue weighted by atomic mass is 10.4. The molecule has 7 heteroatoms. The minimum Gasteiger partial charge on any atom is -0.339 e. The average Bonchev–Trinajstić information content (AvgIpc) is 2.60. The number of imidazole rings is 1. The fraction of sp³-hybridized carbons (Fsp3) is 0.375. The molecule has 0 saturated heterocycles. The first-order valence-corrected chi connectivity index (χ1v) is 4.40. The van der Waals surface area contributed by atoms with Crippen LogP contribution in [0.4, 0.5) is 0 Å². The van der Waals surface area contributed by atoms with Crippen molar-refractivity contribution in [3.63, 3.8) is 0 Å². The van der Waals surface area contributed by atoms with Gasteiger partial charge in [0.15, 0.2) is 5.65 Å². The van der Waals surface area contributed by atoms with Gasteiger partial charge in [-0.2, -0.15) is 0 Å². The van der Waals surface area contributed by atoms with Crippen molar-refractivity contribution >= 4 is 23.6 Å². The lowest BCUT2D eigenvalue weighted by Gasteiger charge is -2.00. The zero-order chi connectivity index (χ0) is 10.1. The molecule has 15 heavy (non-hydrogen) atoms. The molecule has 0 fully saturated rings. The highest BCUT2D eigenvalue weighted by atomic mass is 35.5. The van der Waals surface area contributed by atoms with Gasteiger partial charge in [-0.3, -0.25) is 14.3 Å². The van der Waals surface area contributed by atoms with Gasteiger partial charge in [-0.05, 0) is 6.42 Å². The average molecular weight is 231 g/mol. The predicted molar refractivity (Wildman–Crippen MR) is 58.5 cm³/mol. The van der Waals surface area contributed by atoms with Crippen molar-refractivity contribution in [3.05, 3.63) is 27.2 Å². The summed E-state index contributed by atoms with van der Waals surface area (Å²) in [6, 6.07) is 0. The number of halogens is 1. The molecule has 82 valence electrons. The summed E-state index contributed by atoms with van der Waals surface area (Å²) in [6.07, 6.45) is 2.13. The van der Waals surface area contributed by atoms with E-state index in [0.717, 1.165) is 6.42 Å². The topological polar surface area (TPSA) is 83.5 Å². The first-order chi connectivity index (χ1) is 6.74. The third-order valence-corrected chi connectivity index (χ3v) is 2.02. The van der Waals surface area contributed by atoms with Crippen LogP contribution in [-0.2, 0) is 6.54 Å². The minimum absolute atomic E-state index is 0. The molecule has 2 N–H and O–H groups in total. The van der Waals surface area contributed by atoms with Crippen LogP contribution in [0, 0.1) is 0 Å². The van der Waals surface area contributed by atoms with Crippen LogP contribution in [0.5, 0.6) is 0 Å². The summed E-state index contributed by atoms with van der Waals surface area (Å²) in [6.45, 7) is 2.33. The number of nitrogens with zero attached hydrogens (tertiary/aromatic N) is 2. The van der Waals surface area contributed by atoms with Crippen LogP contribution in [0.25, 0.3) is 11.2 Å². The van der Waals surface area contributed by atoms with Crippen molar-refractivity contribution in [3.8, 4) is 0 Å². The van der Waals surface area contributed by atoms with E-state index in [0.29, 0.717) is 17.7 Å². The Labute approximate surface area is 90.8 Å². The molecule has 0 aliphatic rings. The van der Waals surface area contributed by atoms with Crippen molar-refractivity contribution in [1.29, 1.82) is 0 Å². The maximum atomic E-state index is 11.7. The van der Waals surface area contributed by atoms with Gasteiger partial charge in [0, 0.05) is 6.54 Å². The number of hydrogen-bond acceptors (Lipinski definition) is 3. The lowest BCUT2D eigenvalue weighted by Crippen LogP contribution is -2.34. The summed E-state index contributed by atoms with van der Waals surface area (Å²) in [4.78, 5) is 32.1. The molecule has 0 aliphatic carbocycles. The van der Waals surface area contributed by atoms with Crippen LogP contribution in [0.1, 0.15) is 13.3 Å².